The molecule has 3 rings (SSSR count). The van der Waals surface area contributed by atoms with Crippen molar-refractivity contribution in [1.82, 2.24) is 4.90 Å². The standard InChI is InChI=1S/C20H15BrCl2N2O4S/c1-28-17(26)10-24-16(8-11-7-12(21)9-15(23)18(11)29-2)19(27)25(20(24)30)14-5-3-13(22)4-6-14/h3-9H,10H2,1-2H3/b16-8-. The summed E-state index contributed by atoms with van der Waals surface area (Å²) in [5.41, 5.74) is 1.23. The van der Waals surface area contributed by atoms with Gasteiger partial charge in [-0.15, -0.1) is 0 Å². The number of carbonyl (C=O) groups is 2. The summed E-state index contributed by atoms with van der Waals surface area (Å²) in [6, 6.07) is 10.1. The highest BCUT2D eigenvalue weighted by molar-refractivity contribution is 9.10. The Morgan fingerprint density at radius 1 is 1.20 bits per heavy atom. The van der Waals surface area contributed by atoms with Gasteiger partial charge in [-0.2, -0.15) is 0 Å². The smallest absolute Gasteiger partial charge is 0.325 e. The van der Waals surface area contributed by atoms with Gasteiger partial charge in [0.25, 0.3) is 5.91 Å². The van der Waals surface area contributed by atoms with Gasteiger partial charge in [-0.25, -0.2) is 0 Å². The quantitative estimate of drug-likeness (QED) is 0.311. The molecule has 156 valence electrons. The van der Waals surface area contributed by atoms with Crippen molar-refractivity contribution in [1.29, 1.82) is 0 Å². The van der Waals surface area contributed by atoms with E-state index in [0.717, 1.165) is 0 Å². The number of carbonyl (C=O) groups excluding carboxylic acids is 2. The first-order valence-corrected chi connectivity index (χ1v) is 10.5. The van der Waals surface area contributed by atoms with Gasteiger partial charge >= 0.3 is 5.97 Å². The minimum atomic E-state index is -0.548. The molecule has 2 aromatic rings. The normalized spacial score (nSPS) is 15.2. The lowest BCUT2D eigenvalue weighted by Crippen LogP contribution is -2.35. The molecular formula is C20H15BrCl2N2O4S. The number of benzene rings is 2. The lowest BCUT2D eigenvalue weighted by atomic mass is 10.1. The number of esters is 1. The number of thiocarbonyl (C=S) groups is 1. The zero-order chi connectivity index (χ0) is 22.0. The number of amides is 1. The second kappa shape index (κ2) is 9.34. The molecule has 10 heteroatoms. The molecule has 0 aromatic heterocycles. The Balaban J connectivity index is 2.13. The third-order valence-corrected chi connectivity index (χ3v) is 5.66. The summed E-state index contributed by atoms with van der Waals surface area (Å²) in [4.78, 5) is 28.0. The topological polar surface area (TPSA) is 59.1 Å². The molecule has 0 bridgehead atoms. The van der Waals surface area contributed by atoms with Crippen LogP contribution in [0.1, 0.15) is 5.56 Å². The van der Waals surface area contributed by atoms with E-state index in [2.05, 4.69) is 15.9 Å². The van der Waals surface area contributed by atoms with Crippen LogP contribution in [-0.4, -0.2) is 42.7 Å². The van der Waals surface area contributed by atoms with E-state index in [0.29, 0.717) is 31.5 Å². The van der Waals surface area contributed by atoms with Crippen LogP contribution in [0.5, 0.6) is 5.75 Å². The average Bonchev–Trinajstić information content (AvgIpc) is 2.92. The van der Waals surface area contributed by atoms with E-state index in [1.54, 1.807) is 42.5 Å². The number of methoxy groups -OCH3 is 2. The minimum Gasteiger partial charge on any atom is -0.495 e. The molecule has 0 saturated carbocycles. The summed E-state index contributed by atoms with van der Waals surface area (Å²) in [6.07, 6.45) is 1.57. The Kier molecular flexibility index (Phi) is 7.02. The lowest BCUT2D eigenvalue weighted by molar-refractivity contribution is -0.140. The molecule has 1 amide bonds. The van der Waals surface area contributed by atoms with Crippen molar-refractivity contribution >= 4 is 80.1 Å². The first-order valence-electron chi connectivity index (χ1n) is 8.50. The van der Waals surface area contributed by atoms with E-state index >= 15 is 0 Å². The molecule has 0 N–H and O–H groups in total. The van der Waals surface area contributed by atoms with Gasteiger partial charge in [0.1, 0.15) is 18.0 Å². The first-order chi connectivity index (χ1) is 14.3. The fourth-order valence-corrected chi connectivity index (χ4v) is 4.28. The summed E-state index contributed by atoms with van der Waals surface area (Å²) in [7, 11) is 2.74. The molecule has 1 saturated heterocycles. The maximum absolute atomic E-state index is 13.3. The van der Waals surface area contributed by atoms with Crippen molar-refractivity contribution in [2.24, 2.45) is 0 Å². The number of nitrogens with zero attached hydrogens (tertiary/aromatic N) is 2. The minimum absolute atomic E-state index is 0.138. The van der Waals surface area contributed by atoms with E-state index in [4.69, 9.17) is 44.9 Å². The van der Waals surface area contributed by atoms with Gasteiger partial charge in [0.05, 0.1) is 24.9 Å². The zero-order valence-corrected chi connectivity index (χ0v) is 19.7. The molecule has 0 spiro atoms. The van der Waals surface area contributed by atoms with Gasteiger partial charge < -0.3 is 14.4 Å². The Bertz CT molecular complexity index is 1060. The second-order valence-electron chi connectivity index (χ2n) is 6.10. The van der Waals surface area contributed by atoms with Crippen LogP contribution in [0.3, 0.4) is 0 Å². The van der Waals surface area contributed by atoms with Crippen molar-refractivity contribution in [2.75, 3.05) is 25.7 Å². The van der Waals surface area contributed by atoms with Crippen LogP contribution in [0, 0.1) is 0 Å². The third-order valence-electron chi connectivity index (χ3n) is 4.27. The number of hydrogen-bond acceptors (Lipinski definition) is 5. The molecule has 1 heterocycles. The van der Waals surface area contributed by atoms with Gasteiger partial charge in [-0.3, -0.25) is 14.5 Å². The van der Waals surface area contributed by atoms with E-state index in [1.807, 2.05) is 0 Å². The Morgan fingerprint density at radius 3 is 2.47 bits per heavy atom. The molecule has 1 aliphatic heterocycles. The van der Waals surface area contributed by atoms with Crippen molar-refractivity contribution < 1.29 is 19.1 Å². The van der Waals surface area contributed by atoms with Gasteiger partial charge in [0.15, 0.2) is 5.11 Å². The predicted molar refractivity (Wildman–Crippen MR) is 124 cm³/mol. The largest absolute Gasteiger partial charge is 0.495 e. The van der Waals surface area contributed by atoms with Crippen molar-refractivity contribution in [3.05, 3.63) is 62.2 Å². The van der Waals surface area contributed by atoms with Gasteiger partial charge in [0, 0.05) is 15.1 Å². The number of ether oxygens (including phenoxy) is 2. The second-order valence-corrected chi connectivity index (χ2v) is 8.23. The predicted octanol–water partition coefficient (Wildman–Crippen LogP) is 4.91. The summed E-state index contributed by atoms with van der Waals surface area (Å²) in [6.45, 7) is -0.235. The summed E-state index contributed by atoms with van der Waals surface area (Å²) in [5.74, 6) is -0.577. The average molecular weight is 530 g/mol. The van der Waals surface area contributed by atoms with E-state index in [-0.39, 0.29) is 17.4 Å². The molecule has 0 unspecified atom stereocenters. The zero-order valence-electron chi connectivity index (χ0n) is 15.8. The van der Waals surface area contributed by atoms with E-state index < -0.39 is 11.9 Å². The van der Waals surface area contributed by atoms with Crippen molar-refractivity contribution in [2.45, 2.75) is 0 Å². The van der Waals surface area contributed by atoms with Crippen LogP contribution in [0.25, 0.3) is 6.08 Å². The van der Waals surface area contributed by atoms with Crippen LogP contribution >= 0.6 is 51.3 Å². The van der Waals surface area contributed by atoms with Gasteiger partial charge in [-0.05, 0) is 54.7 Å². The Labute approximate surface area is 197 Å². The molecule has 1 aliphatic rings. The third kappa shape index (κ3) is 4.46. The van der Waals surface area contributed by atoms with Crippen molar-refractivity contribution in [3.63, 3.8) is 0 Å². The maximum atomic E-state index is 13.3. The summed E-state index contributed by atoms with van der Waals surface area (Å²) >= 11 is 21.1. The summed E-state index contributed by atoms with van der Waals surface area (Å²) < 4.78 is 10.8. The number of halogens is 3. The number of hydrogen-bond donors (Lipinski definition) is 0. The highest BCUT2D eigenvalue weighted by Crippen LogP contribution is 2.36. The van der Waals surface area contributed by atoms with Gasteiger partial charge in [-0.1, -0.05) is 39.1 Å². The highest BCUT2D eigenvalue weighted by Gasteiger charge is 2.40. The lowest BCUT2D eigenvalue weighted by Gasteiger charge is -2.19. The monoisotopic (exact) mass is 528 g/mol. The van der Waals surface area contributed by atoms with Crippen LogP contribution in [-0.2, 0) is 14.3 Å². The summed E-state index contributed by atoms with van der Waals surface area (Å²) in [5, 5.41) is 1.02. The van der Waals surface area contributed by atoms with E-state index in [1.165, 1.54) is 24.0 Å². The molecule has 30 heavy (non-hydrogen) atoms. The molecule has 1 fully saturated rings. The Morgan fingerprint density at radius 2 is 1.87 bits per heavy atom. The molecule has 6 nitrogen and oxygen atoms in total. The van der Waals surface area contributed by atoms with Crippen LogP contribution in [0.15, 0.2) is 46.6 Å². The number of anilines is 1. The van der Waals surface area contributed by atoms with E-state index in [9.17, 15) is 9.59 Å². The fraction of sp³-hybridized carbons (Fsp3) is 0.150. The van der Waals surface area contributed by atoms with Gasteiger partial charge in [0.2, 0.25) is 0 Å². The fourth-order valence-electron chi connectivity index (χ4n) is 2.89. The van der Waals surface area contributed by atoms with Crippen molar-refractivity contribution in [3.8, 4) is 5.75 Å². The van der Waals surface area contributed by atoms with Crippen LogP contribution < -0.4 is 9.64 Å². The maximum Gasteiger partial charge on any atom is 0.325 e. The molecule has 2 aromatic carbocycles. The SMILES string of the molecule is COC(=O)CN1C(=S)N(c2ccc(Cl)cc2)C(=O)/C1=C/c1cc(Br)cc(Cl)c1OC. The molecular weight excluding hydrogens is 515 g/mol. The highest BCUT2D eigenvalue weighted by atomic mass is 79.9. The Hall–Kier alpha value is -2.13. The van der Waals surface area contributed by atoms with Crippen LogP contribution in [0.4, 0.5) is 5.69 Å². The molecule has 0 atom stereocenters. The molecule has 0 radical (unpaired) electrons. The number of rotatable bonds is 5. The molecule has 0 aliphatic carbocycles. The van der Waals surface area contributed by atoms with Crippen LogP contribution in [0.2, 0.25) is 10.0 Å². The first kappa shape index (κ1) is 22.6.